The molecule has 1 N–H and O–H groups in total. The van der Waals surface area contributed by atoms with Gasteiger partial charge in [-0.05, 0) is 50.8 Å². The molecule has 0 unspecified atom stereocenters. The molecule has 15 heavy (non-hydrogen) atoms. The van der Waals surface area contributed by atoms with Crippen LogP contribution in [0, 0.1) is 6.92 Å². The lowest BCUT2D eigenvalue weighted by molar-refractivity contribution is 0.0943. The van der Waals surface area contributed by atoms with Crippen LogP contribution in [0.4, 0.5) is 0 Å². The molecule has 0 atom stereocenters. The van der Waals surface area contributed by atoms with Crippen molar-refractivity contribution >= 4 is 17.7 Å². The van der Waals surface area contributed by atoms with E-state index in [0.29, 0.717) is 0 Å². The fourth-order valence-corrected chi connectivity index (χ4v) is 1.95. The van der Waals surface area contributed by atoms with Crippen LogP contribution in [0.1, 0.15) is 29.8 Å². The lowest BCUT2D eigenvalue weighted by atomic mass is 10.1. The molecule has 0 bridgehead atoms. The van der Waals surface area contributed by atoms with Crippen molar-refractivity contribution in [2.24, 2.45) is 0 Å². The number of thioether (sulfide) groups is 1. The number of aryl methyl sites for hydroxylation is 1. The van der Waals surface area contributed by atoms with Crippen molar-refractivity contribution < 1.29 is 4.79 Å². The van der Waals surface area contributed by atoms with Crippen molar-refractivity contribution in [2.45, 2.75) is 31.7 Å². The summed E-state index contributed by atoms with van der Waals surface area (Å²) in [5.74, 6) is 0.000697. The van der Waals surface area contributed by atoms with E-state index in [-0.39, 0.29) is 11.9 Å². The highest BCUT2D eigenvalue weighted by Crippen LogP contribution is 2.20. The molecule has 1 amide bonds. The third-order valence-corrected chi connectivity index (χ3v) is 2.97. The number of amides is 1. The van der Waals surface area contributed by atoms with Crippen LogP contribution in [0.3, 0.4) is 0 Å². The predicted molar refractivity (Wildman–Crippen MR) is 65.6 cm³/mol. The minimum atomic E-state index is 0.000697. The second kappa shape index (κ2) is 5.21. The molecule has 0 spiro atoms. The van der Waals surface area contributed by atoms with Gasteiger partial charge in [0.2, 0.25) is 0 Å². The molecular formula is C12H17NOS. The monoisotopic (exact) mass is 223 g/mol. The Kier molecular flexibility index (Phi) is 4.21. The summed E-state index contributed by atoms with van der Waals surface area (Å²) in [5.41, 5.74) is 1.89. The van der Waals surface area contributed by atoms with Crippen molar-refractivity contribution in [3.05, 3.63) is 29.3 Å². The fraction of sp³-hybridized carbons (Fsp3) is 0.417. The van der Waals surface area contributed by atoms with Gasteiger partial charge in [0.15, 0.2) is 0 Å². The van der Waals surface area contributed by atoms with E-state index in [1.54, 1.807) is 11.8 Å². The van der Waals surface area contributed by atoms with E-state index < -0.39 is 0 Å². The van der Waals surface area contributed by atoms with Crippen LogP contribution in [0.15, 0.2) is 23.1 Å². The number of rotatable bonds is 3. The maximum absolute atomic E-state index is 11.7. The van der Waals surface area contributed by atoms with E-state index >= 15 is 0 Å². The zero-order valence-corrected chi connectivity index (χ0v) is 10.4. The van der Waals surface area contributed by atoms with Gasteiger partial charge in [-0.15, -0.1) is 11.8 Å². The molecule has 2 nitrogen and oxygen atoms in total. The van der Waals surface area contributed by atoms with E-state index in [0.717, 1.165) is 11.1 Å². The topological polar surface area (TPSA) is 29.1 Å². The van der Waals surface area contributed by atoms with Crippen molar-refractivity contribution in [2.75, 3.05) is 6.26 Å². The maximum atomic E-state index is 11.7. The summed E-state index contributed by atoms with van der Waals surface area (Å²) in [4.78, 5) is 12.9. The van der Waals surface area contributed by atoms with Gasteiger partial charge in [-0.1, -0.05) is 0 Å². The van der Waals surface area contributed by atoms with Gasteiger partial charge in [0.05, 0.1) is 0 Å². The first kappa shape index (κ1) is 12.1. The molecule has 82 valence electrons. The molecule has 1 aromatic carbocycles. The third kappa shape index (κ3) is 3.27. The van der Waals surface area contributed by atoms with Gasteiger partial charge >= 0.3 is 0 Å². The first-order chi connectivity index (χ1) is 7.04. The van der Waals surface area contributed by atoms with Crippen molar-refractivity contribution in [1.29, 1.82) is 0 Å². The largest absolute Gasteiger partial charge is 0.350 e. The Morgan fingerprint density at radius 1 is 1.40 bits per heavy atom. The van der Waals surface area contributed by atoms with E-state index in [2.05, 4.69) is 5.32 Å². The third-order valence-electron chi connectivity index (χ3n) is 2.08. The predicted octanol–water partition coefficient (Wildman–Crippen LogP) is 2.86. The fourth-order valence-electron chi connectivity index (χ4n) is 1.37. The van der Waals surface area contributed by atoms with Crippen LogP contribution in [-0.4, -0.2) is 18.2 Å². The Bertz CT molecular complexity index is 361. The van der Waals surface area contributed by atoms with Crippen LogP contribution in [0.2, 0.25) is 0 Å². The Hall–Kier alpha value is -0.960. The minimum Gasteiger partial charge on any atom is -0.350 e. The Labute approximate surface area is 95.5 Å². The molecule has 0 aliphatic carbocycles. The molecule has 0 aliphatic heterocycles. The second-order valence-electron chi connectivity index (χ2n) is 3.81. The number of hydrogen-bond donors (Lipinski definition) is 1. The Morgan fingerprint density at radius 2 is 2.07 bits per heavy atom. The van der Waals surface area contributed by atoms with Crippen molar-refractivity contribution in [3.8, 4) is 0 Å². The summed E-state index contributed by atoms with van der Waals surface area (Å²) >= 11 is 1.70. The second-order valence-corrected chi connectivity index (χ2v) is 4.66. The number of benzene rings is 1. The molecule has 3 heteroatoms. The first-order valence-corrected chi connectivity index (χ1v) is 6.22. The van der Waals surface area contributed by atoms with Gasteiger partial charge < -0.3 is 5.32 Å². The Morgan fingerprint density at radius 3 is 2.53 bits per heavy atom. The standard InChI is InChI=1S/C12H17NOS/c1-8(2)13-12(14)10-5-6-11(15-4)9(3)7-10/h5-8H,1-4H3,(H,13,14). The van der Waals surface area contributed by atoms with Gasteiger partial charge in [0, 0.05) is 16.5 Å². The lowest BCUT2D eigenvalue weighted by Crippen LogP contribution is -2.30. The van der Waals surface area contributed by atoms with Crippen LogP contribution in [0.5, 0.6) is 0 Å². The highest BCUT2D eigenvalue weighted by molar-refractivity contribution is 7.98. The van der Waals surface area contributed by atoms with Gasteiger partial charge in [-0.2, -0.15) is 0 Å². The minimum absolute atomic E-state index is 0.000697. The highest BCUT2D eigenvalue weighted by Gasteiger charge is 2.07. The van der Waals surface area contributed by atoms with E-state index in [1.165, 1.54) is 4.90 Å². The quantitative estimate of drug-likeness (QED) is 0.798. The average Bonchev–Trinajstić information content (AvgIpc) is 2.16. The SMILES string of the molecule is CSc1ccc(C(=O)NC(C)C)cc1C. The van der Waals surface area contributed by atoms with Crippen molar-refractivity contribution in [3.63, 3.8) is 0 Å². The summed E-state index contributed by atoms with van der Waals surface area (Å²) in [7, 11) is 0. The lowest BCUT2D eigenvalue weighted by Gasteiger charge is -2.10. The summed E-state index contributed by atoms with van der Waals surface area (Å²) < 4.78 is 0. The zero-order chi connectivity index (χ0) is 11.4. The molecule has 1 rings (SSSR count). The number of carbonyl (C=O) groups excluding carboxylic acids is 1. The maximum Gasteiger partial charge on any atom is 0.251 e. The Balaban J connectivity index is 2.87. The average molecular weight is 223 g/mol. The van der Waals surface area contributed by atoms with Gasteiger partial charge in [0.25, 0.3) is 5.91 Å². The molecule has 0 saturated heterocycles. The van der Waals surface area contributed by atoms with Gasteiger partial charge in [-0.25, -0.2) is 0 Å². The highest BCUT2D eigenvalue weighted by atomic mass is 32.2. The van der Waals surface area contributed by atoms with Gasteiger partial charge in [0.1, 0.15) is 0 Å². The summed E-state index contributed by atoms with van der Waals surface area (Å²) in [6.45, 7) is 5.94. The number of nitrogens with one attached hydrogen (secondary N) is 1. The molecular weight excluding hydrogens is 206 g/mol. The molecule has 0 heterocycles. The summed E-state index contributed by atoms with van der Waals surface area (Å²) in [6.07, 6.45) is 2.04. The van der Waals surface area contributed by atoms with Crippen LogP contribution in [-0.2, 0) is 0 Å². The molecule has 0 aliphatic rings. The van der Waals surface area contributed by atoms with Crippen LogP contribution < -0.4 is 5.32 Å². The van der Waals surface area contributed by atoms with Crippen LogP contribution in [0.25, 0.3) is 0 Å². The van der Waals surface area contributed by atoms with E-state index in [1.807, 2.05) is 45.2 Å². The van der Waals surface area contributed by atoms with Crippen molar-refractivity contribution in [1.82, 2.24) is 5.32 Å². The molecule has 0 radical (unpaired) electrons. The smallest absolute Gasteiger partial charge is 0.251 e. The molecule has 0 fully saturated rings. The number of carbonyl (C=O) groups is 1. The molecule has 0 aromatic heterocycles. The normalized spacial score (nSPS) is 10.5. The van der Waals surface area contributed by atoms with Gasteiger partial charge in [-0.3, -0.25) is 4.79 Å². The summed E-state index contributed by atoms with van der Waals surface area (Å²) in [6, 6.07) is 5.98. The van der Waals surface area contributed by atoms with E-state index in [9.17, 15) is 4.79 Å². The van der Waals surface area contributed by atoms with Crippen LogP contribution >= 0.6 is 11.8 Å². The molecule has 1 aromatic rings. The molecule has 0 saturated carbocycles. The first-order valence-electron chi connectivity index (χ1n) is 5.00. The summed E-state index contributed by atoms with van der Waals surface area (Å²) in [5, 5.41) is 2.88. The zero-order valence-electron chi connectivity index (χ0n) is 9.63. The number of hydrogen-bond acceptors (Lipinski definition) is 2. The van der Waals surface area contributed by atoms with E-state index in [4.69, 9.17) is 0 Å².